The van der Waals surface area contributed by atoms with Crippen molar-refractivity contribution in [2.24, 2.45) is 4.99 Å². The van der Waals surface area contributed by atoms with E-state index >= 15 is 0 Å². The van der Waals surface area contributed by atoms with Crippen LogP contribution in [0.3, 0.4) is 0 Å². The zero-order valence-corrected chi connectivity index (χ0v) is 17.9. The fourth-order valence-electron chi connectivity index (χ4n) is 3.59. The number of thiazole rings is 1. The first-order valence-electron chi connectivity index (χ1n) is 10.0. The van der Waals surface area contributed by atoms with E-state index in [-0.39, 0.29) is 6.04 Å². The highest BCUT2D eigenvalue weighted by atomic mass is 32.1. The van der Waals surface area contributed by atoms with Gasteiger partial charge in [-0.25, -0.2) is 9.98 Å². The molecule has 1 unspecified atom stereocenters. The number of benzene rings is 1. The maximum atomic E-state index is 5.64. The fourth-order valence-corrected chi connectivity index (χ4v) is 4.30. The molecule has 6 nitrogen and oxygen atoms in total. The van der Waals surface area contributed by atoms with E-state index in [0.29, 0.717) is 6.54 Å². The highest BCUT2D eigenvalue weighted by molar-refractivity contribution is 7.09. The lowest BCUT2D eigenvalue weighted by Gasteiger charge is -2.30. The molecule has 28 heavy (non-hydrogen) atoms. The number of aryl methyl sites for hydroxylation is 1. The fraction of sp³-hybridized carbons (Fsp3) is 0.524. The summed E-state index contributed by atoms with van der Waals surface area (Å²) in [6, 6.07) is 8.60. The van der Waals surface area contributed by atoms with Crippen LogP contribution in [0.25, 0.3) is 0 Å². The van der Waals surface area contributed by atoms with Crippen molar-refractivity contribution in [3.05, 3.63) is 45.9 Å². The molecule has 1 aromatic carbocycles. The standard InChI is InChI=1S/C21H31N5OS/c1-4-22-21(24-14-20-16(2)25-15-28-20)23-13-18(26-11-7-8-12-26)17-9-5-6-10-19(17)27-3/h5-6,9-10,15,18H,4,7-8,11-14H2,1-3H3,(H2,22,23,24). The van der Waals surface area contributed by atoms with Crippen molar-refractivity contribution in [3.8, 4) is 5.75 Å². The van der Waals surface area contributed by atoms with Gasteiger partial charge < -0.3 is 15.4 Å². The van der Waals surface area contributed by atoms with Crippen LogP contribution in [0.4, 0.5) is 0 Å². The van der Waals surface area contributed by atoms with Crippen LogP contribution in [0.2, 0.25) is 0 Å². The number of rotatable bonds is 8. The Hall–Kier alpha value is -2.12. The van der Waals surface area contributed by atoms with Gasteiger partial charge in [0.15, 0.2) is 5.96 Å². The first-order chi connectivity index (χ1) is 13.7. The van der Waals surface area contributed by atoms with E-state index in [2.05, 4.69) is 39.6 Å². The van der Waals surface area contributed by atoms with Gasteiger partial charge in [0.25, 0.3) is 0 Å². The monoisotopic (exact) mass is 401 g/mol. The van der Waals surface area contributed by atoms with Crippen LogP contribution < -0.4 is 15.4 Å². The smallest absolute Gasteiger partial charge is 0.191 e. The van der Waals surface area contributed by atoms with E-state index in [0.717, 1.165) is 43.6 Å². The van der Waals surface area contributed by atoms with Crippen molar-refractivity contribution in [3.63, 3.8) is 0 Å². The first kappa shape index (κ1) is 20.6. The number of nitrogens with one attached hydrogen (secondary N) is 2. The van der Waals surface area contributed by atoms with E-state index < -0.39 is 0 Å². The maximum Gasteiger partial charge on any atom is 0.191 e. The van der Waals surface area contributed by atoms with E-state index in [4.69, 9.17) is 9.73 Å². The van der Waals surface area contributed by atoms with Crippen molar-refractivity contribution in [1.82, 2.24) is 20.5 Å². The summed E-state index contributed by atoms with van der Waals surface area (Å²) in [7, 11) is 1.75. The second-order valence-corrected chi connectivity index (χ2v) is 7.88. The van der Waals surface area contributed by atoms with Crippen molar-refractivity contribution < 1.29 is 4.74 Å². The Morgan fingerprint density at radius 2 is 2.07 bits per heavy atom. The van der Waals surface area contributed by atoms with Gasteiger partial charge in [-0.05, 0) is 45.8 Å². The summed E-state index contributed by atoms with van der Waals surface area (Å²) in [5.41, 5.74) is 4.17. The molecule has 0 aliphatic carbocycles. The van der Waals surface area contributed by atoms with Gasteiger partial charge in [-0.1, -0.05) is 18.2 Å². The van der Waals surface area contributed by atoms with Crippen LogP contribution in [0, 0.1) is 6.92 Å². The minimum absolute atomic E-state index is 0.257. The van der Waals surface area contributed by atoms with Gasteiger partial charge in [0.1, 0.15) is 5.75 Å². The molecule has 3 rings (SSSR count). The minimum atomic E-state index is 0.257. The number of aliphatic imine (C=N–C) groups is 1. The molecular formula is C21H31N5OS. The Bertz CT molecular complexity index is 770. The summed E-state index contributed by atoms with van der Waals surface area (Å²) in [6.07, 6.45) is 2.51. The van der Waals surface area contributed by atoms with Crippen LogP contribution in [0.1, 0.15) is 41.9 Å². The van der Waals surface area contributed by atoms with Crippen LogP contribution in [-0.2, 0) is 6.54 Å². The van der Waals surface area contributed by atoms with Crippen molar-refractivity contribution in [2.75, 3.05) is 33.3 Å². The molecule has 1 saturated heterocycles. The molecule has 1 fully saturated rings. The quantitative estimate of drug-likeness (QED) is 0.525. The maximum absolute atomic E-state index is 5.64. The second-order valence-electron chi connectivity index (χ2n) is 6.94. The summed E-state index contributed by atoms with van der Waals surface area (Å²) in [5.74, 6) is 1.79. The number of hydrogen-bond donors (Lipinski definition) is 2. The van der Waals surface area contributed by atoms with E-state index in [9.17, 15) is 0 Å². The van der Waals surface area contributed by atoms with E-state index in [1.54, 1.807) is 18.4 Å². The van der Waals surface area contributed by atoms with Gasteiger partial charge in [-0.3, -0.25) is 4.90 Å². The number of para-hydroxylation sites is 1. The molecule has 0 bridgehead atoms. The number of aromatic nitrogens is 1. The average molecular weight is 402 g/mol. The molecule has 1 aliphatic heterocycles. The number of guanidine groups is 1. The number of nitrogens with zero attached hydrogens (tertiary/aromatic N) is 3. The summed E-state index contributed by atoms with van der Waals surface area (Å²) in [4.78, 5) is 12.8. The molecule has 0 spiro atoms. The lowest BCUT2D eigenvalue weighted by molar-refractivity contribution is 0.239. The van der Waals surface area contributed by atoms with Crippen LogP contribution >= 0.6 is 11.3 Å². The number of methoxy groups -OCH3 is 1. The van der Waals surface area contributed by atoms with Crippen LogP contribution in [0.5, 0.6) is 5.75 Å². The van der Waals surface area contributed by atoms with E-state index in [1.807, 2.05) is 24.6 Å². The number of ether oxygens (including phenoxy) is 1. The van der Waals surface area contributed by atoms with Crippen LogP contribution in [-0.4, -0.2) is 49.1 Å². The molecular weight excluding hydrogens is 370 g/mol. The molecule has 2 aromatic rings. The molecule has 152 valence electrons. The molecule has 0 saturated carbocycles. The molecule has 7 heteroatoms. The highest BCUT2D eigenvalue weighted by Gasteiger charge is 2.26. The molecule has 0 radical (unpaired) electrons. The van der Waals surface area contributed by atoms with Gasteiger partial charge in [-0.15, -0.1) is 11.3 Å². The highest BCUT2D eigenvalue weighted by Crippen LogP contribution is 2.31. The Labute approximate surface area is 172 Å². The van der Waals surface area contributed by atoms with Crippen molar-refractivity contribution >= 4 is 17.3 Å². The summed E-state index contributed by atoms with van der Waals surface area (Å²) < 4.78 is 5.64. The summed E-state index contributed by atoms with van der Waals surface area (Å²) >= 11 is 1.66. The summed E-state index contributed by atoms with van der Waals surface area (Å²) in [5, 5.41) is 6.92. The third-order valence-electron chi connectivity index (χ3n) is 5.11. The largest absolute Gasteiger partial charge is 0.496 e. The molecule has 1 aliphatic rings. The Kier molecular flexibility index (Phi) is 7.68. The molecule has 0 amide bonds. The minimum Gasteiger partial charge on any atom is -0.496 e. The van der Waals surface area contributed by atoms with Crippen molar-refractivity contribution in [2.45, 2.75) is 39.3 Å². The van der Waals surface area contributed by atoms with E-state index in [1.165, 1.54) is 23.3 Å². The number of likely N-dealkylation sites (tertiary alicyclic amines) is 1. The topological polar surface area (TPSA) is 61.8 Å². The predicted molar refractivity (Wildman–Crippen MR) is 116 cm³/mol. The third-order valence-corrected chi connectivity index (χ3v) is 6.03. The van der Waals surface area contributed by atoms with Crippen LogP contribution in [0.15, 0.2) is 34.8 Å². The second kappa shape index (κ2) is 10.4. The van der Waals surface area contributed by atoms with Gasteiger partial charge in [0, 0.05) is 23.5 Å². The van der Waals surface area contributed by atoms with Gasteiger partial charge >= 0.3 is 0 Å². The lowest BCUT2D eigenvalue weighted by Crippen LogP contribution is -2.42. The lowest BCUT2D eigenvalue weighted by atomic mass is 10.0. The zero-order chi connectivity index (χ0) is 19.8. The van der Waals surface area contributed by atoms with Crippen molar-refractivity contribution in [1.29, 1.82) is 0 Å². The van der Waals surface area contributed by atoms with Gasteiger partial charge in [-0.2, -0.15) is 0 Å². The van der Waals surface area contributed by atoms with Gasteiger partial charge in [0.05, 0.1) is 30.9 Å². The molecule has 2 heterocycles. The molecule has 1 atom stereocenters. The predicted octanol–water partition coefficient (Wildman–Crippen LogP) is 3.35. The molecule has 1 aromatic heterocycles. The third kappa shape index (κ3) is 5.23. The Morgan fingerprint density at radius 1 is 1.29 bits per heavy atom. The average Bonchev–Trinajstić information content (AvgIpc) is 3.38. The normalized spacial score (nSPS) is 16.2. The number of hydrogen-bond acceptors (Lipinski definition) is 5. The zero-order valence-electron chi connectivity index (χ0n) is 17.1. The Morgan fingerprint density at radius 3 is 2.75 bits per heavy atom. The first-order valence-corrected chi connectivity index (χ1v) is 10.9. The summed E-state index contributed by atoms with van der Waals surface area (Å²) in [6.45, 7) is 8.63. The molecule has 2 N–H and O–H groups in total. The van der Waals surface area contributed by atoms with Gasteiger partial charge in [0.2, 0.25) is 0 Å². The Balaban J connectivity index is 1.74. The SMILES string of the molecule is CCNC(=NCc1scnc1C)NCC(c1ccccc1OC)N1CCCC1.